The van der Waals surface area contributed by atoms with Gasteiger partial charge in [0, 0.05) is 51.5 Å². The highest BCUT2D eigenvalue weighted by Crippen LogP contribution is 2.18. The fourth-order valence-corrected chi connectivity index (χ4v) is 2.82. The third kappa shape index (κ3) is 2.91. The van der Waals surface area contributed by atoms with Crippen LogP contribution in [0.5, 0.6) is 0 Å². The number of hydrogen-bond acceptors (Lipinski definition) is 5. The molecule has 0 saturated carbocycles. The first kappa shape index (κ1) is 13.3. The second-order valence-electron chi connectivity index (χ2n) is 5.46. The molecule has 108 valence electrons. The summed E-state index contributed by atoms with van der Waals surface area (Å²) in [7, 11) is 1.76. The molecule has 3 rings (SSSR count). The van der Waals surface area contributed by atoms with E-state index in [9.17, 15) is 0 Å². The molecule has 1 aliphatic rings. The Labute approximate surface area is 118 Å². The smallest absolute Gasteiger partial charge is 0.133 e. The summed E-state index contributed by atoms with van der Waals surface area (Å²) in [6.45, 7) is 6.29. The van der Waals surface area contributed by atoms with Crippen LogP contribution in [0.1, 0.15) is 17.1 Å². The lowest BCUT2D eigenvalue weighted by Gasteiger charge is -2.22. The number of hydrogen-bond donors (Lipinski definition) is 0. The van der Waals surface area contributed by atoms with Crippen LogP contribution in [0.25, 0.3) is 0 Å². The van der Waals surface area contributed by atoms with Gasteiger partial charge in [0.15, 0.2) is 0 Å². The number of aryl methyl sites for hydroxylation is 1. The van der Waals surface area contributed by atoms with E-state index in [1.165, 1.54) is 5.69 Å². The maximum Gasteiger partial charge on any atom is 0.133 e. The highest BCUT2D eigenvalue weighted by atomic mass is 16.5. The SMILES string of the molecule is COC[C@@H]1CN(Cc2cc(C)on2)Cc2cncn2C1. The molecule has 0 unspecified atom stereocenters. The maximum absolute atomic E-state index is 5.34. The van der Waals surface area contributed by atoms with E-state index in [0.29, 0.717) is 5.92 Å². The van der Waals surface area contributed by atoms with Gasteiger partial charge in [-0.2, -0.15) is 0 Å². The summed E-state index contributed by atoms with van der Waals surface area (Å²) < 4.78 is 12.7. The van der Waals surface area contributed by atoms with Crippen LogP contribution in [-0.2, 0) is 24.4 Å². The van der Waals surface area contributed by atoms with E-state index in [-0.39, 0.29) is 0 Å². The Morgan fingerprint density at radius 3 is 3.10 bits per heavy atom. The van der Waals surface area contributed by atoms with Crippen LogP contribution in [0.2, 0.25) is 0 Å². The molecular weight excluding hydrogens is 256 g/mol. The Morgan fingerprint density at radius 1 is 1.45 bits per heavy atom. The molecule has 0 spiro atoms. The van der Waals surface area contributed by atoms with E-state index in [1.807, 2.05) is 25.5 Å². The second kappa shape index (κ2) is 5.76. The Morgan fingerprint density at radius 2 is 2.35 bits per heavy atom. The number of aromatic nitrogens is 3. The summed E-state index contributed by atoms with van der Waals surface area (Å²) in [6, 6.07) is 1.99. The zero-order valence-electron chi connectivity index (χ0n) is 12.0. The van der Waals surface area contributed by atoms with Gasteiger partial charge in [0.2, 0.25) is 0 Å². The predicted octanol–water partition coefficient (Wildman–Crippen LogP) is 1.46. The summed E-state index contributed by atoms with van der Waals surface area (Å²) in [4.78, 5) is 6.62. The largest absolute Gasteiger partial charge is 0.384 e. The number of methoxy groups -OCH3 is 1. The summed E-state index contributed by atoms with van der Waals surface area (Å²) in [5.41, 5.74) is 2.22. The summed E-state index contributed by atoms with van der Waals surface area (Å²) in [6.07, 6.45) is 3.85. The first-order valence-corrected chi connectivity index (χ1v) is 6.87. The summed E-state index contributed by atoms with van der Waals surface area (Å²) in [5.74, 6) is 1.32. The molecule has 0 saturated heterocycles. The van der Waals surface area contributed by atoms with Crippen LogP contribution in [0, 0.1) is 12.8 Å². The van der Waals surface area contributed by atoms with Gasteiger partial charge < -0.3 is 13.8 Å². The molecule has 20 heavy (non-hydrogen) atoms. The van der Waals surface area contributed by atoms with Crippen LogP contribution < -0.4 is 0 Å². The molecule has 0 bridgehead atoms. The van der Waals surface area contributed by atoms with Gasteiger partial charge in [0.1, 0.15) is 5.76 Å². The molecule has 0 N–H and O–H groups in total. The van der Waals surface area contributed by atoms with Gasteiger partial charge in [-0.25, -0.2) is 4.98 Å². The fourth-order valence-electron chi connectivity index (χ4n) is 2.82. The Kier molecular flexibility index (Phi) is 3.84. The molecule has 1 aliphatic heterocycles. The topological polar surface area (TPSA) is 56.3 Å². The standard InChI is InChI=1S/C14H20N4O2/c1-11-3-13(16-20-11)7-17-5-12(9-19-2)6-18-10-15-4-14(18)8-17/h3-4,10,12H,5-9H2,1-2H3/t12-/m1/s1. The molecule has 0 fully saturated rings. The molecule has 0 radical (unpaired) electrons. The maximum atomic E-state index is 5.34. The quantitative estimate of drug-likeness (QED) is 0.846. The number of ether oxygens (including phenoxy) is 1. The van der Waals surface area contributed by atoms with E-state index in [1.54, 1.807) is 7.11 Å². The van der Waals surface area contributed by atoms with Crippen molar-refractivity contribution in [1.82, 2.24) is 19.6 Å². The van der Waals surface area contributed by atoms with Crippen molar-refractivity contribution in [2.45, 2.75) is 26.6 Å². The van der Waals surface area contributed by atoms with E-state index in [0.717, 1.165) is 44.2 Å². The minimum atomic E-state index is 0.462. The first-order valence-electron chi connectivity index (χ1n) is 6.87. The van der Waals surface area contributed by atoms with Crippen molar-refractivity contribution in [1.29, 1.82) is 0 Å². The number of nitrogens with zero attached hydrogens (tertiary/aromatic N) is 4. The zero-order chi connectivity index (χ0) is 13.9. The van der Waals surface area contributed by atoms with Gasteiger partial charge in [-0.05, 0) is 6.92 Å². The van der Waals surface area contributed by atoms with Crippen molar-refractivity contribution in [3.8, 4) is 0 Å². The Balaban J connectivity index is 1.76. The lowest BCUT2D eigenvalue weighted by molar-refractivity contribution is 0.114. The third-order valence-electron chi connectivity index (χ3n) is 3.62. The monoisotopic (exact) mass is 276 g/mol. The number of imidazole rings is 1. The van der Waals surface area contributed by atoms with Crippen molar-refractivity contribution < 1.29 is 9.26 Å². The molecule has 6 nitrogen and oxygen atoms in total. The minimum absolute atomic E-state index is 0.462. The molecule has 2 aromatic heterocycles. The van der Waals surface area contributed by atoms with Gasteiger partial charge in [-0.15, -0.1) is 0 Å². The molecule has 2 aromatic rings. The van der Waals surface area contributed by atoms with Crippen LogP contribution in [0.3, 0.4) is 0 Å². The number of rotatable bonds is 4. The number of fused-ring (bicyclic) bond motifs is 1. The highest BCUT2D eigenvalue weighted by Gasteiger charge is 2.22. The molecule has 0 amide bonds. The first-order chi connectivity index (χ1) is 9.74. The lowest BCUT2D eigenvalue weighted by Crippen LogP contribution is -2.29. The average Bonchev–Trinajstić information content (AvgIpc) is 2.96. The molecule has 6 heteroatoms. The van der Waals surface area contributed by atoms with Crippen molar-refractivity contribution in [3.63, 3.8) is 0 Å². The Hall–Kier alpha value is -1.66. The van der Waals surface area contributed by atoms with Crippen LogP contribution >= 0.6 is 0 Å². The zero-order valence-corrected chi connectivity index (χ0v) is 12.0. The third-order valence-corrected chi connectivity index (χ3v) is 3.62. The molecule has 0 aliphatic carbocycles. The lowest BCUT2D eigenvalue weighted by atomic mass is 10.1. The summed E-state index contributed by atoms with van der Waals surface area (Å²) in [5, 5.41) is 4.08. The fraction of sp³-hybridized carbons (Fsp3) is 0.571. The molecule has 0 aromatic carbocycles. The highest BCUT2D eigenvalue weighted by molar-refractivity contribution is 5.05. The van der Waals surface area contributed by atoms with E-state index in [4.69, 9.17) is 9.26 Å². The van der Waals surface area contributed by atoms with Crippen molar-refractivity contribution >= 4 is 0 Å². The Bertz CT molecular complexity index is 563. The summed E-state index contributed by atoms with van der Waals surface area (Å²) >= 11 is 0. The average molecular weight is 276 g/mol. The van der Waals surface area contributed by atoms with E-state index < -0.39 is 0 Å². The normalized spacial score (nSPS) is 19.8. The van der Waals surface area contributed by atoms with Gasteiger partial charge in [-0.3, -0.25) is 4.90 Å². The van der Waals surface area contributed by atoms with Crippen LogP contribution in [0.4, 0.5) is 0 Å². The second-order valence-corrected chi connectivity index (χ2v) is 5.46. The van der Waals surface area contributed by atoms with E-state index in [2.05, 4.69) is 19.6 Å². The molecule has 1 atom stereocenters. The van der Waals surface area contributed by atoms with Crippen molar-refractivity contribution in [2.75, 3.05) is 20.3 Å². The van der Waals surface area contributed by atoms with Gasteiger partial charge in [0.05, 0.1) is 24.3 Å². The van der Waals surface area contributed by atoms with Crippen molar-refractivity contribution in [2.24, 2.45) is 5.92 Å². The van der Waals surface area contributed by atoms with E-state index >= 15 is 0 Å². The van der Waals surface area contributed by atoms with Crippen LogP contribution in [0.15, 0.2) is 23.1 Å². The van der Waals surface area contributed by atoms with Crippen LogP contribution in [-0.4, -0.2) is 39.9 Å². The van der Waals surface area contributed by atoms with Gasteiger partial charge in [0.25, 0.3) is 0 Å². The van der Waals surface area contributed by atoms with Gasteiger partial charge >= 0.3 is 0 Å². The predicted molar refractivity (Wildman–Crippen MR) is 72.9 cm³/mol. The van der Waals surface area contributed by atoms with Crippen molar-refractivity contribution in [3.05, 3.63) is 35.7 Å². The minimum Gasteiger partial charge on any atom is -0.384 e. The molecule has 3 heterocycles. The van der Waals surface area contributed by atoms with Gasteiger partial charge in [-0.1, -0.05) is 5.16 Å². The molecular formula is C14H20N4O2.